The molecule has 0 fully saturated rings. The van der Waals surface area contributed by atoms with E-state index in [0.29, 0.717) is 5.75 Å². The molecule has 3 heteroatoms. The zero-order valence-corrected chi connectivity index (χ0v) is 8.75. The summed E-state index contributed by atoms with van der Waals surface area (Å²) in [5, 5.41) is 10.7. The number of aromatic hydroxyl groups is 1. The van der Waals surface area contributed by atoms with Gasteiger partial charge in [0.1, 0.15) is 5.75 Å². The Kier molecular flexibility index (Phi) is 2.18. The number of hydrogen-bond acceptors (Lipinski definition) is 2. The number of thiophene rings is 1. The lowest BCUT2D eigenvalue weighted by atomic mass is 10.1. The Balaban J connectivity index is 2.82. The van der Waals surface area contributed by atoms with E-state index in [1.807, 2.05) is 19.1 Å². The van der Waals surface area contributed by atoms with E-state index in [2.05, 4.69) is 0 Å². The highest BCUT2D eigenvalue weighted by Crippen LogP contribution is 2.36. The van der Waals surface area contributed by atoms with Crippen molar-refractivity contribution in [3.63, 3.8) is 0 Å². The second-order valence-corrected chi connectivity index (χ2v) is 4.57. The minimum absolute atomic E-state index is 0.369. The van der Waals surface area contributed by atoms with Gasteiger partial charge >= 0.3 is 0 Å². The fraction of sp³-hybridized carbons (Fsp3) is 0.200. The standard InChI is InChI=1S/C10H9ClOS/c1-2-7-8(12)4-3-6-5-9(11)13-10(6)7/h3-5,12H,2H2,1H3. The number of phenolic OH excluding ortho intramolecular Hbond substituents is 1. The predicted molar refractivity (Wildman–Crippen MR) is 57.9 cm³/mol. The minimum atomic E-state index is 0.369. The van der Waals surface area contributed by atoms with Crippen molar-refractivity contribution in [3.8, 4) is 5.75 Å². The molecular formula is C10H9ClOS. The highest BCUT2D eigenvalue weighted by Gasteiger charge is 2.07. The lowest BCUT2D eigenvalue weighted by molar-refractivity contribution is 0.470. The summed E-state index contributed by atoms with van der Waals surface area (Å²) >= 11 is 7.42. The van der Waals surface area contributed by atoms with Crippen LogP contribution in [0.3, 0.4) is 0 Å². The van der Waals surface area contributed by atoms with Crippen molar-refractivity contribution in [1.82, 2.24) is 0 Å². The second-order valence-electron chi connectivity index (χ2n) is 2.89. The first-order valence-corrected chi connectivity index (χ1v) is 5.31. The molecular weight excluding hydrogens is 204 g/mol. The van der Waals surface area contributed by atoms with E-state index in [-0.39, 0.29) is 0 Å². The van der Waals surface area contributed by atoms with E-state index in [1.165, 1.54) is 11.3 Å². The quantitative estimate of drug-likeness (QED) is 0.762. The van der Waals surface area contributed by atoms with Crippen LogP contribution in [-0.2, 0) is 6.42 Å². The van der Waals surface area contributed by atoms with Gasteiger partial charge in [0.2, 0.25) is 0 Å². The number of hydrogen-bond donors (Lipinski definition) is 1. The van der Waals surface area contributed by atoms with E-state index >= 15 is 0 Å². The molecule has 0 bridgehead atoms. The lowest BCUT2D eigenvalue weighted by Crippen LogP contribution is -1.80. The summed E-state index contributed by atoms with van der Waals surface area (Å²) in [4.78, 5) is 0. The third-order valence-corrected chi connectivity index (χ3v) is 3.43. The smallest absolute Gasteiger partial charge is 0.120 e. The molecule has 0 aliphatic rings. The number of phenols is 1. The summed E-state index contributed by atoms with van der Waals surface area (Å²) in [6.45, 7) is 2.03. The molecule has 0 saturated carbocycles. The Labute approximate surface area is 85.6 Å². The molecule has 68 valence electrons. The van der Waals surface area contributed by atoms with Gasteiger partial charge in [0, 0.05) is 10.3 Å². The van der Waals surface area contributed by atoms with Crippen LogP contribution in [0.25, 0.3) is 10.1 Å². The van der Waals surface area contributed by atoms with Gasteiger partial charge in [-0.15, -0.1) is 11.3 Å². The number of fused-ring (bicyclic) bond motifs is 1. The highest BCUT2D eigenvalue weighted by molar-refractivity contribution is 7.22. The van der Waals surface area contributed by atoms with Gasteiger partial charge in [-0.2, -0.15) is 0 Å². The van der Waals surface area contributed by atoms with E-state index < -0.39 is 0 Å². The highest BCUT2D eigenvalue weighted by atomic mass is 35.5. The molecule has 2 aromatic rings. The van der Waals surface area contributed by atoms with Crippen LogP contribution in [0.15, 0.2) is 18.2 Å². The third-order valence-electron chi connectivity index (χ3n) is 2.09. The Morgan fingerprint density at radius 3 is 2.92 bits per heavy atom. The van der Waals surface area contributed by atoms with Gasteiger partial charge in [0.15, 0.2) is 0 Å². The molecule has 1 aromatic carbocycles. The number of halogens is 1. The van der Waals surface area contributed by atoms with Gasteiger partial charge in [-0.05, 0) is 30.0 Å². The summed E-state index contributed by atoms with van der Waals surface area (Å²) < 4.78 is 1.88. The summed E-state index contributed by atoms with van der Waals surface area (Å²) in [5.41, 5.74) is 0.995. The van der Waals surface area contributed by atoms with Gasteiger partial charge in [-0.1, -0.05) is 18.5 Å². The molecule has 1 aromatic heterocycles. The molecule has 0 radical (unpaired) electrons. The second kappa shape index (κ2) is 3.20. The first kappa shape index (κ1) is 8.85. The zero-order valence-electron chi connectivity index (χ0n) is 7.17. The topological polar surface area (TPSA) is 20.2 Å². The molecule has 0 saturated heterocycles. The first-order valence-electron chi connectivity index (χ1n) is 4.12. The van der Waals surface area contributed by atoms with Crippen molar-refractivity contribution in [2.45, 2.75) is 13.3 Å². The van der Waals surface area contributed by atoms with Crippen LogP contribution < -0.4 is 0 Å². The Bertz CT molecular complexity index is 447. The fourth-order valence-corrected chi connectivity index (χ4v) is 2.81. The maximum Gasteiger partial charge on any atom is 0.120 e. The number of benzene rings is 1. The Morgan fingerprint density at radius 1 is 1.46 bits per heavy atom. The zero-order chi connectivity index (χ0) is 9.42. The third kappa shape index (κ3) is 1.40. The summed E-state index contributed by atoms with van der Waals surface area (Å²) in [6, 6.07) is 5.55. The average Bonchev–Trinajstić information content (AvgIpc) is 2.45. The van der Waals surface area contributed by atoms with Crippen LogP contribution in [-0.4, -0.2) is 5.11 Å². The van der Waals surface area contributed by atoms with Crippen molar-refractivity contribution in [2.75, 3.05) is 0 Å². The number of aryl methyl sites for hydroxylation is 1. The molecule has 0 spiro atoms. The minimum Gasteiger partial charge on any atom is -0.508 e. The fourth-order valence-electron chi connectivity index (χ4n) is 1.46. The molecule has 1 heterocycles. The van der Waals surface area contributed by atoms with Crippen LogP contribution >= 0.6 is 22.9 Å². The normalized spacial score (nSPS) is 10.9. The lowest BCUT2D eigenvalue weighted by Gasteiger charge is -2.01. The van der Waals surface area contributed by atoms with Gasteiger partial charge in [-0.3, -0.25) is 0 Å². The number of rotatable bonds is 1. The van der Waals surface area contributed by atoms with Gasteiger partial charge in [-0.25, -0.2) is 0 Å². The molecule has 1 N–H and O–H groups in total. The van der Waals surface area contributed by atoms with E-state index in [0.717, 1.165) is 26.4 Å². The average molecular weight is 213 g/mol. The Hall–Kier alpha value is -0.730. The van der Waals surface area contributed by atoms with E-state index in [9.17, 15) is 5.11 Å². The van der Waals surface area contributed by atoms with Crippen molar-refractivity contribution in [3.05, 3.63) is 28.1 Å². The van der Waals surface area contributed by atoms with Crippen LogP contribution in [0.4, 0.5) is 0 Å². The van der Waals surface area contributed by atoms with Crippen molar-refractivity contribution in [2.24, 2.45) is 0 Å². The molecule has 0 aliphatic heterocycles. The molecule has 2 rings (SSSR count). The molecule has 1 nitrogen and oxygen atoms in total. The SMILES string of the molecule is CCc1c(O)ccc2cc(Cl)sc12. The van der Waals surface area contributed by atoms with Gasteiger partial charge in [0.05, 0.1) is 4.34 Å². The summed E-state index contributed by atoms with van der Waals surface area (Å²) in [5.74, 6) is 0.369. The molecule has 13 heavy (non-hydrogen) atoms. The maximum absolute atomic E-state index is 9.58. The molecule has 0 aliphatic carbocycles. The van der Waals surface area contributed by atoms with Crippen LogP contribution in [0.1, 0.15) is 12.5 Å². The van der Waals surface area contributed by atoms with E-state index in [1.54, 1.807) is 6.07 Å². The monoisotopic (exact) mass is 212 g/mol. The molecule has 0 unspecified atom stereocenters. The van der Waals surface area contributed by atoms with Crippen LogP contribution in [0.2, 0.25) is 4.34 Å². The molecule has 0 atom stereocenters. The molecule has 0 amide bonds. The van der Waals surface area contributed by atoms with Crippen molar-refractivity contribution in [1.29, 1.82) is 0 Å². The first-order chi connectivity index (χ1) is 6.22. The van der Waals surface area contributed by atoms with Gasteiger partial charge < -0.3 is 5.11 Å². The Morgan fingerprint density at radius 2 is 2.23 bits per heavy atom. The maximum atomic E-state index is 9.58. The van der Waals surface area contributed by atoms with Crippen LogP contribution in [0.5, 0.6) is 5.75 Å². The summed E-state index contributed by atoms with van der Waals surface area (Å²) in [6.07, 6.45) is 0.833. The van der Waals surface area contributed by atoms with Crippen molar-refractivity contribution >= 4 is 33.0 Å². The summed E-state index contributed by atoms with van der Waals surface area (Å²) in [7, 11) is 0. The van der Waals surface area contributed by atoms with Crippen LogP contribution in [0, 0.1) is 0 Å². The van der Waals surface area contributed by atoms with Crippen molar-refractivity contribution < 1.29 is 5.11 Å². The largest absolute Gasteiger partial charge is 0.508 e. The van der Waals surface area contributed by atoms with E-state index in [4.69, 9.17) is 11.6 Å². The van der Waals surface area contributed by atoms with Gasteiger partial charge in [0.25, 0.3) is 0 Å². The predicted octanol–water partition coefficient (Wildman–Crippen LogP) is 3.82.